The largest absolute Gasteiger partial charge is 1.00 e. The molecule has 0 N–H and O–H groups in total. The molecule has 8 nitrogen and oxygen atoms in total. The topological polar surface area (TPSA) is 149 Å². The Labute approximate surface area is 192 Å². The van der Waals surface area contributed by atoms with Crippen LogP contribution in [-0.2, 0) is 29.8 Å². The van der Waals surface area contributed by atoms with Crippen molar-refractivity contribution < 1.29 is 94.6 Å². The fraction of sp³-hybridized carbons (Fsp3) is 0. The van der Waals surface area contributed by atoms with Gasteiger partial charge in [-0.2, -0.15) is 0 Å². The third kappa shape index (κ3) is 4.20. The molecule has 124 valence electrons. The van der Waals surface area contributed by atoms with E-state index in [0.29, 0.717) is 0 Å². The van der Waals surface area contributed by atoms with Gasteiger partial charge in [0.15, 0.2) is 0 Å². The molecule has 0 radical (unpaired) electrons. The van der Waals surface area contributed by atoms with Crippen molar-refractivity contribution in [2.75, 3.05) is 0 Å². The van der Waals surface area contributed by atoms with Gasteiger partial charge in [0.1, 0.15) is 25.1 Å². The van der Waals surface area contributed by atoms with Crippen LogP contribution in [0.2, 0.25) is 0 Å². The first-order valence-corrected chi connectivity index (χ1v) is 9.11. The molecule has 1 aliphatic rings. The average Bonchev–Trinajstić information content (AvgIpc) is 2.43. The quantitative estimate of drug-likeness (QED) is 0.268. The number of fused-ring (bicyclic) bond motifs is 2. The predicted octanol–water partition coefficient (Wildman–Crippen LogP) is -7.66. The first-order chi connectivity index (χ1) is 11.0. The van der Waals surface area contributed by atoms with E-state index in [9.17, 15) is 35.5 Å². The predicted molar refractivity (Wildman–Crippen MR) is 78.7 cm³/mol. The second-order valence-corrected chi connectivity index (χ2v) is 7.66. The van der Waals surface area contributed by atoms with Gasteiger partial charge in [-0.05, 0) is 40.3 Å². The molecule has 0 amide bonds. The molecule has 3 rings (SSSR count). The first kappa shape index (κ1) is 23.6. The maximum Gasteiger partial charge on any atom is 1.00 e. The van der Waals surface area contributed by atoms with E-state index < -0.39 is 41.6 Å². The number of rotatable bonds is 2. The molecule has 1 aliphatic carbocycles. The molecule has 0 unspecified atom stereocenters. The monoisotopic (exact) mass is 412 g/mol. The summed E-state index contributed by atoms with van der Waals surface area (Å²) >= 11 is 0. The number of benzene rings is 2. The van der Waals surface area contributed by atoms with E-state index in [1.165, 1.54) is 12.1 Å². The van der Waals surface area contributed by atoms with Gasteiger partial charge in [-0.25, -0.2) is 16.8 Å². The SMILES string of the molecule is O=C1C=c2cc3c(S(=O)(=O)[O-])cccc3cc2=C(S(=O)(=O)[O-])C1=O.[Na+].[Na+]. The van der Waals surface area contributed by atoms with Gasteiger partial charge in [-0.1, -0.05) is 12.1 Å². The minimum atomic E-state index is -5.23. The van der Waals surface area contributed by atoms with Gasteiger partial charge in [0, 0.05) is 5.22 Å². The normalized spacial score (nSPS) is 14.2. The van der Waals surface area contributed by atoms with Crippen LogP contribution in [0.1, 0.15) is 0 Å². The summed E-state index contributed by atoms with van der Waals surface area (Å²) in [7, 11) is -10.1. The molecule has 0 heterocycles. The summed E-state index contributed by atoms with van der Waals surface area (Å²) in [5.41, 5.74) is 0. The summed E-state index contributed by atoms with van der Waals surface area (Å²) in [6.07, 6.45) is 0.792. The number of hydrogen-bond donors (Lipinski definition) is 0. The summed E-state index contributed by atoms with van der Waals surface area (Å²) in [6.45, 7) is 0. The minimum Gasteiger partial charge on any atom is -0.744 e. The van der Waals surface area contributed by atoms with Gasteiger partial charge in [-0.3, -0.25) is 9.59 Å². The summed E-state index contributed by atoms with van der Waals surface area (Å²) in [6, 6.07) is 5.86. The zero-order valence-electron chi connectivity index (χ0n) is 13.5. The number of carbonyl (C=O) groups is 2. The fourth-order valence-electron chi connectivity index (χ4n) is 2.54. The Balaban J connectivity index is 0.00000169. The summed E-state index contributed by atoms with van der Waals surface area (Å²) < 4.78 is 68.0. The second kappa shape index (κ2) is 7.92. The Morgan fingerprint density at radius 2 is 1.46 bits per heavy atom. The number of Topliss-reactive ketones (excluding diaryl/α,β-unsaturated/α-hetero) is 2. The van der Waals surface area contributed by atoms with Crippen LogP contribution in [0.5, 0.6) is 0 Å². The van der Waals surface area contributed by atoms with Crippen molar-refractivity contribution in [3.8, 4) is 0 Å². The van der Waals surface area contributed by atoms with Crippen molar-refractivity contribution in [2.24, 2.45) is 0 Å². The Hall–Kier alpha value is -0.400. The molecule has 0 bridgehead atoms. The van der Waals surface area contributed by atoms with E-state index in [0.717, 1.165) is 24.3 Å². The van der Waals surface area contributed by atoms with Crippen molar-refractivity contribution in [1.29, 1.82) is 0 Å². The van der Waals surface area contributed by atoms with Crippen LogP contribution < -0.4 is 69.6 Å². The zero-order chi connectivity index (χ0) is 17.9. The number of ketones is 2. The van der Waals surface area contributed by atoms with Crippen molar-refractivity contribution in [1.82, 2.24) is 0 Å². The van der Waals surface area contributed by atoms with Crippen molar-refractivity contribution in [2.45, 2.75) is 4.90 Å². The van der Waals surface area contributed by atoms with E-state index in [-0.39, 0.29) is 80.3 Å². The number of hydrogen-bond acceptors (Lipinski definition) is 8. The van der Waals surface area contributed by atoms with E-state index in [2.05, 4.69) is 0 Å². The van der Waals surface area contributed by atoms with E-state index in [1.807, 2.05) is 0 Å². The van der Waals surface area contributed by atoms with Crippen molar-refractivity contribution in [3.63, 3.8) is 0 Å². The Morgan fingerprint density at radius 3 is 2.00 bits per heavy atom. The van der Waals surface area contributed by atoms with Crippen LogP contribution in [0.4, 0.5) is 0 Å². The minimum absolute atomic E-state index is 0. The Morgan fingerprint density at radius 1 is 0.846 bits per heavy atom. The van der Waals surface area contributed by atoms with Crippen LogP contribution in [0.25, 0.3) is 21.8 Å². The van der Waals surface area contributed by atoms with E-state index in [4.69, 9.17) is 0 Å². The van der Waals surface area contributed by atoms with Gasteiger partial charge >= 0.3 is 59.1 Å². The third-order valence-corrected chi connectivity index (χ3v) is 5.29. The van der Waals surface area contributed by atoms with E-state index >= 15 is 0 Å². The first-order valence-electron chi connectivity index (χ1n) is 6.29. The van der Waals surface area contributed by atoms with Crippen molar-refractivity contribution in [3.05, 3.63) is 40.8 Å². The van der Waals surface area contributed by atoms with Crippen LogP contribution in [-0.4, -0.2) is 37.5 Å². The zero-order valence-corrected chi connectivity index (χ0v) is 19.2. The van der Waals surface area contributed by atoms with Crippen LogP contribution >= 0.6 is 0 Å². The van der Waals surface area contributed by atoms with Gasteiger partial charge in [0.2, 0.25) is 11.6 Å². The average molecular weight is 412 g/mol. The van der Waals surface area contributed by atoms with Crippen molar-refractivity contribution >= 4 is 53.6 Å². The van der Waals surface area contributed by atoms with Crippen LogP contribution in [0.3, 0.4) is 0 Å². The summed E-state index contributed by atoms with van der Waals surface area (Å²) in [5, 5.41) is -0.352. The van der Waals surface area contributed by atoms with Gasteiger partial charge in [0.25, 0.3) is 0 Å². The maximum absolute atomic E-state index is 11.8. The molecular weight excluding hydrogens is 406 g/mol. The van der Waals surface area contributed by atoms with Crippen LogP contribution in [0.15, 0.2) is 35.2 Å². The standard InChI is InChI=1S/C14H8O8S2.2Na/c15-11-6-8-5-9-7(2-1-3-12(9)23(17,18)19)4-10(8)14(13(11)16)24(20,21)22;;/h1-6H,(H,17,18,19)(H,20,21,22);;/q;2*+1/p-2. The van der Waals surface area contributed by atoms with E-state index in [1.54, 1.807) is 0 Å². The molecular formula is C14H6Na2O8S2. The summed E-state index contributed by atoms with van der Waals surface area (Å²) in [4.78, 5) is 21.6. The molecule has 2 aromatic carbocycles. The second-order valence-electron chi connectivity index (χ2n) is 4.99. The molecule has 0 saturated carbocycles. The Kier molecular flexibility index (Phi) is 7.20. The molecule has 0 aromatic heterocycles. The smallest absolute Gasteiger partial charge is 0.744 e. The molecule has 0 saturated heterocycles. The molecule has 12 heteroatoms. The third-order valence-electron chi connectivity index (χ3n) is 3.49. The molecule has 0 aliphatic heterocycles. The van der Waals surface area contributed by atoms with Crippen LogP contribution in [0, 0.1) is 0 Å². The molecule has 0 atom stereocenters. The molecule has 0 fully saturated rings. The number of carbonyl (C=O) groups excluding carboxylic acids is 2. The molecule has 2 aromatic rings. The Bertz CT molecular complexity index is 1280. The van der Waals surface area contributed by atoms with Gasteiger partial charge < -0.3 is 9.11 Å². The fourth-order valence-corrected chi connectivity index (χ4v) is 4.00. The van der Waals surface area contributed by atoms with Gasteiger partial charge in [-0.15, -0.1) is 0 Å². The molecule has 26 heavy (non-hydrogen) atoms. The molecule has 0 spiro atoms. The summed E-state index contributed by atoms with van der Waals surface area (Å²) in [5.74, 6) is -2.68. The maximum atomic E-state index is 11.8. The van der Waals surface area contributed by atoms with Gasteiger partial charge in [0.05, 0.1) is 4.90 Å².